The van der Waals surface area contributed by atoms with Crippen LogP contribution in [-0.2, 0) is 14.3 Å². The average molecular weight is 289 g/mol. The number of hydrogen-bond donors (Lipinski definition) is 0. The van der Waals surface area contributed by atoms with Crippen molar-refractivity contribution in [2.24, 2.45) is 0 Å². The van der Waals surface area contributed by atoms with Crippen molar-refractivity contribution in [1.29, 1.82) is 0 Å². The van der Waals surface area contributed by atoms with Gasteiger partial charge in [0.15, 0.2) is 0 Å². The van der Waals surface area contributed by atoms with Gasteiger partial charge in [-0.2, -0.15) is 0 Å². The molecule has 1 saturated carbocycles. The summed E-state index contributed by atoms with van der Waals surface area (Å²) in [6.07, 6.45) is 0.286. The molecule has 0 unspecified atom stereocenters. The number of Topliss-reactive ketones (excluding diaryl/α,β-unsaturated/α-hetero) is 1. The molecule has 0 aromatic heterocycles. The highest BCUT2D eigenvalue weighted by Crippen LogP contribution is 2.40. The molecular formula is C16H19NO4. The van der Waals surface area contributed by atoms with E-state index in [1.54, 1.807) is 12.0 Å². The lowest BCUT2D eigenvalue weighted by molar-refractivity contribution is -0.119. The van der Waals surface area contributed by atoms with Crippen molar-refractivity contribution in [1.82, 2.24) is 4.90 Å². The maximum Gasteiger partial charge on any atom is 0.410 e. The Morgan fingerprint density at radius 1 is 1.29 bits per heavy atom. The predicted molar refractivity (Wildman–Crippen MR) is 75.8 cm³/mol. The first-order valence-electron chi connectivity index (χ1n) is 7.12. The van der Waals surface area contributed by atoms with Crippen molar-refractivity contribution >= 4 is 11.9 Å². The predicted octanol–water partition coefficient (Wildman–Crippen LogP) is 2.32. The van der Waals surface area contributed by atoms with Crippen LogP contribution in [0.25, 0.3) is 0 Å². The van der Waals surface area contributed by atoms with E-state index in [4.69, 9.17) is 9.47 Å². The van der Waals surface area contributed by atoms with E-state index in [0.717, 1.165) is 5.56 Å². The zero-order chi connectivity index (χ0) is 15.0. The van der Waals surface area contributed by atoms with E-state index >= 15 is 0 Å². The van der Waals surface area contributed by atoms with Gasteiger partial charge in [-0.3, -0.25) is 9.69 Å². The first-order valence-corrected chi connectivity index (χ1v) is 7.12. The summed E-state index contributed by atoms with van der Waals surface area (Å²) in [5, 5.41) is 0. The number of cyclic esters (lactones) is 1. The van der Waals surface area contributed by atoms with Crippen LogP contribution in [0, 0.1) is 0 Å². The molecule has 1 aromatic rings. The second-order valence-corrected chi connectivity index (χ2v) is 5.86. The van der Waals surface area contributed by atoms with Crippen LogP contribution in [0.1, 0.15) is 31.4 Å². The maximum atomic E-state index is 12.2. The summed E-state index contributed by atoms with van der Waals surface area (Å²) in [6.45, 7) is 2.20. The highest BCUT2D eigenvalue weighted by atomic mass is 16.6. The molecule has 1 aliphatic carbocycles. The Morgan fingerprint density at radius 3 is 2.67 bits per heavy atom. The van der Waals surface area contributed by atoms with Crippen molar-refractivity contribution in [3.8, 4) is 0 Å². The Kier molecular flexibility index (Phi) is 3.45. The number of ether oxygens (including phenoxy) is 2. The molecule has 3 rings (SSSR count). The summed E-state index contributed by atoms with van der Waals surface area (Å²) in [5.41, 5.74) is 0.370. The molecule has 1 aromatic carbocycles. The van der Waals surface area contributed by atoms with E-state index in [9.17, 15) is 9.59 Å². The smallest absolute Gasteiger partial charge is 0.410 e. The summed E-state index contributed by atoms with van der Waals surface area (Å²) in [5.74, 6) is 0.121. The highest BCUT2D eigenvalue weighted by molar-refractivity contribution is 5.84. The topological polar surface area (TPSA) is 55.8 Å². The normalized spacial score (nSPS) is 32.6. The molecule has 0 N–H and O–H groups in total. The standard InChI is InChI=1S/C16H19NO4/c1-16(20-2)9-12(18)8-14(16)17-13(10-21-15(17)19)11-6-4-3-5-7-11/h3-7,13-14H,8-10H2,1-2H3/t13-,14-,16-/m0/s1. The van der Waals surface area contributed by atoms with Crippen LogP contribution in [-0.4, -0.2) is 42.1 Å². The number of ketones is 1. The number of rotatable bonds is 3. The maximum absolute atomic E-state index is 12.2. The fourth-order valence-electron chi connectivity index (χ4n) is 3.32. The minimum atomic E-state index is -0.645. The van der Waals surface area contributed by atoms with E-state index in [1.807, 2.05) is 37.3 Å². The molecular weight excluding hydrogens is 270 g/mol. The van der Waals surface area contributed by atoms with Gasteiger partial charge >= 0.3 is 6.09 Å². The van der Waals surface area contributed by atoms with Gasteiger partial charge in [-0.1, -0.05) is 30.3 Å². The zero-order valence-corrected chi connectivity index (χ0v) is 12.2. The Labute approximate surface area is 123 Å². The number of benzene rings is 1. The van der Waals surface area contributed by atoms with Crippen molar-refractivity contribution in [2.75, 3.05) is 13.7 Å². The van der Waals surface area contributed by atoms with E-state index in [0.29, 0.717) is 19.4 Å². The van der Waals surface area contributed by atoms with Crippen LogP contribution in [0.15, 0.2) is 30.3 Å². The van der Waals surface area contributed by atoms with Crippen molar-refractivity contribution in [2.45, 2.75) is 37.5 Å². The first kappa shape index (κ1) is 14.1. The van der Waals surface area contributed by atoms with Crippen molar-refractivity contribution < 1.29 is 19.1 Å². The second kappa shape index (κ2) is 5.15. The summed E-state index contributed by atoms with van der Waals surface area (Å²) in [7, 11) is 1.59. The van der Waals surface area contributed by atoms with E-state index in [-0.39, 0.29) is 24.0 Å². The van der Waals surface area contributed by atoms with E-state index < -0.39 is 5.60 Å². The zero-order valence-electron chi connectivity index (χ0n) is 12.2. The minimum Gasteiger partial charge on any atom is -0.447 e. The Hall–Kier alpha value is -1.88. The lowest BCUT2D eigenvalue weighted by atomic mass is 9.96. The summed E-state index contributed by atoms with van der Waals surface area (Å²) < 4.78 is 10.8. The molecule has 2 fully saturated rings. The van der Waals surface area contributed by atoms with E-state index in [2.05, 4.69) is 0 Å². The quantitative estimate of drug-likeness (QED) is 0.857. The summed E-state index contributed by atoms with van der Waals surface area (Å²) >= 11 is 0. The van der Waals surface area contributed by atoms with Gasteiger partial charge in [-0.15, -0.1) is 0 Å². The lowest BCUT2D eigenvalue weighted by Crippen LogP contribution is -2.49. The molecule has 112 valence electrons. The fraction of sp³-hybridized carbons (Fsp3) is 0.500. The van der Waals surface area contributed by atoms with Gasteiger partial charge in [0.05, 0.1) is 17.7 Å². The molecule has 3 atom stereocenters. The van der Waals surface area contributed by atoms with Gasteiger partial charge in [-0.25, -0.2) is 4.79 Å². The molecule has 0 bridgehead atoms. The molecule has 2 aliphatic rings. The molecule has 1 saturated heterocycles. The van der Waals surface area contributed by atoms with Crippen LogP contribution in [0.5, 0.6) is 0 Å². The number of amides is 1. The number of carbonyl (C=O) groups excluding carboxylic acids is 2. The van der Waals surface area contributed by atoms with Crippen molar-refractivity contribution in [3.05, 3.63) is 35.9 Å². The summed E-state index contributed by atoms with van der Waals surface area (Å²) in [4.78, 5) is 25.8. The molecule has 0 radical (unpaired) electrons. The molecule has 1 amide bonds. The molecule has 21 heavy (non-hydrogen) atoms. The minimum absolute atomic E-state index is 0.121. The Bertz CT molecular complexity index is 559. The lowest BCUT2D eigenvalue weighted by Gasteiger charge is -2.37. The number of hydrogen-bond acceptors (Lipinski definition) is 4. The van der Waals surface area contributed by atoms with Gasteiger partial charge < -0.3 is 9.47 Å². The van der Waals surface area contributed by atoms with Gasteiger partial charge in [0, 0.05) is 20.0 Å². The number of carbonyl (C=O) groups is 2. The monoisotopic (exact) mass is 289 g/mol. The largest absolute Gasteiger partial charge is 0.447 e. The average Bonchev–Trinajstić information content (AvgIpc) is 3.00. The Balaban J connectivity index is 1.95. The first-order chi connectivity index (χ1) is 10.0. The van der Waals surface area contributed by atoms with Crippen LogP contribution >= 0.6 is 0 Å². The van der Waals surface area contributed by atoms with Crippen LogP contribution in [0.3, 0.4) is 0 Å². The molecule has 5 nitrogen and oxygen atoms in total. The third-order valence-electron chi connectivity index (χ3n) is 4.57. The molecule has 0 spiro atoms. The van der Waals surface area contributed by atoms with Gasteiger partial charge in [-0.05, 0) is 12.5 Å². The van der Waals surface area contributed by atoms with Gasteiger partial charge in [0.2, 0.25) is 0 Å². The van der Waals surface area contributed by atoms with Gasteiger partial charge in [0.1, 0.15) is 12.4 Å². The van der Waals surface area contributed by atoms with Crippen LogP contribution in [0.2, 0.25) is 0 Å². The SMILES string of the molecule is CO[C@@]1(C)CC(=O)C[C@@H]1N1C(=O)OC[C@H]1c1ccccc1. The molecule has 5 heteroatoms. The fourth-order valence-corrected chi connectivity index (χ4v) is 3.32. The number of nitrogens with zero attached hydrogens (tertiary/aromatic N) is 1. The van der Waals surface area contributed by atoms with Crippen LogP contribution < -0.4 is 0 Å². The van der Waals surface area contributed by atoms with E-state index in [1.165, 1.54) is 0 Å². The molecule has 1 heterocycles. The number of methoxy groups -OCH3 is 1. The second-order valence-electron chi connectivity index (χ2n) is 5.86. The third-order valence-corrected chi connectivity index (χ3v) is 4.57. The summed E-state index contributed by atoms with van der Waals surface area (Å²) in [6, 6.07) is 9.31. The van der Waals surface area contributed by atoms with Gasteiger partial charge in [0.25, 0.3) is 0 Å². The van der Waals surface area contributed by atoms with Crippen molar-refractivity contribution in [3.63, 3.8) is 0 Å². The highest BCUT2D eigenvalue weighted by Gasteiger charge is 2.52. The van der Waals surface area contributed by atoms with Crippen LogP contribution in [0.4, 0.5) is 4.79 Å². The Morgan fingerprint density at radius 2 is 2.00 bits per heavy atom. The molecule has 1 aliphatic heterocycles. The third kappa shape index (κ3) is 2.31.